The lowest BCUT2D eigenvalue weighted by Gasteiger charge is -2.41. The number of aromatic hydroxyl groups is 1. The van der Waals surface area contributed by atoms with E-state index in [1.54, 1.807) is 28.9 Å². The number of carbonyl (C=O) groups is 1. The van der Waals surface area contributed by atoms with Crippen LogP contribution >= 0.6 is 11.8 Å². The van der Waals surface area contributed by atoms with Gasteiger partial charge in [0.15, 0.2) is 6.29 Å². The summed E-state index contributed by atoms with van der Waals surface area (Å²) in [6.45, 7) is 2.48. The van der Waals surface area contributed by atoms with Crippen molar-refractivity contribution in [2.75, 3.05) is 11.1 Å². The van der Waals surface area contributed by atoms with E-state index in [1.165, 1.54) is 11.8 Å². The average Bonchev–Trinajstić information content (AvgIpc) is 3.57. The number of nitrogens with zero attached hydrogens (tertiary/aromatic N) is 4. The molecule has 1 aromatic heterocycles. The molecule has 2 amide bonds. The van der Waals surface area contributed by atoms with Crippen LogP contribution in [0.25, 0.3) is 5.69 Å². The molecule has 0 aliphatic carbocycles. The fourth-order valence-electron chi connectivity index (χ4n) is 5.17. The molecule has 0 saturated carbocycles. The average molecular weight is 639 g/mol. The van der Waals surface area contributed by atoms with E-state index in [-0.39, 0.29) is 36.5 Å². The number of phenols is 1. The number of anilines is 1. The van der Waals surface area contributed by atoms with Crippen molar-refractivity contribution in [2.24, 2.45) is 5.92 Å². The number of amides is 2. The first-order chi connectivity index (χ1) is 22.5. The number of phenolic OH excluding ortho intramolecular Hbond substituents is 1. The Bertz CT molecular complexity index is 1720. The van der Waals surface area contributed by atoms with E-state index in [0.29, 0.717) is 23.1 Å². The predicted molar refractivity (Wildman–Crippen MR) is 173 cm³/mol. The summed E-state index contributed by atoms with van der Waals surface area (Å²) in [6.07, 6.45) is -1.19. The van der Waals surface area contributed by atoms with Gasteiger partial charge in [0.2, 0.25) is 5.16 Å². The Kier molecular flexibility index (Phi) is 9.89. The molecule has 4 unspecified atom stereocenters. The first-order valence-electron chi connectivity index (χ1n) is 14.9. The van der Waals surface area contributed by atoms with Crippen LogP contribution in [-0.2, 0) is 22.6 Å². The van der Waals surface area contributed by atoms with Crippen molar-refractivity contribution in [3.8, 4) is 11.4 Å². The Morgan fingerprint density at radius 3 is 2.33 bits per heavy atom. The van der Waals surface area contributed by atoms with Gasteiger partial charge in [-0.3, -0.25) is 0 Å². The minimum Gasteiger partial charge on any atom is -0.508 e. The summed E-state index contributed by atoms with van der Waals surface area (Å²) < 4.78 is 14.7. The molecule has 1 fully saturated rings. The maximum atomic E-state index is 12.5. The number of tetrazole rings is 1. The summed E-state index contributed by atoms with van der Waals surface area (Å²) in [5.74, 6) is 0.678. The van der Waals surface area contributed by atoms with Crippen LogP contribution in [-0.4, -0.2) is 48.3 Å². The number of hydrogen-bond donors (Lipinski definition) is 4. The van der Waals surface area contributed by atoms with Crippen molar-refractivity contribution < 1.29 is 24.5 Å². The highest BCUT2D eigenvalue weighted by Gasteiger charge is 2.38. The second-order valence-corrected chi connectivity index (χ2v) is 11.9. The van der Waals surface area contributed by atoms with E-state index >= 15 is 0 Å². The first kappa shape index (κ1) is 31.2. The van der Waals surface area contributed by atoms with Crippen LogP contribution in [0.4, 0.5) is 10.5 Å². The van der Waals surface area contributed by atoms with E-state index in [2.05, 4.69) is 33.1 Å². The SMILES string of the molecule is CC1C(CSc2nnnn2-c2ccc(O)cc2)OC(c2ccc(NC(=O)NCc3ccccc3)cc2)OC1c1ccc(CO)cc1. The van der Waals surface area contributed by atoms with Crippen molar-refractivity contribution >= 4 is 23.5 Å². The molecule has 236 valence electrons. The standard InChI is InChI=1S/C34H34N6O5S/c1-22-30(21-46-34-37-38-39-40(34)28-15-17-29(42)18-16-28)44-32(45-31(22)25-9-7-24(20-41)8-10-25)26-11-13-27(14-12-26)36-33(43)35-19-23-5-3-2-4-6-23/h2-18,22,30-32,41-42H,19-21H2,1H3,(H2,35,36,43). The summed E-state index contributed by atoms with van der Waals surface area (Å²) in [4.78, 5) is 12.5. The summed E-state index contributed by atoms with van der Waals surface area (Å²) in [5, 5.41) is 37.8. The fourth-order valence-corrected chi connectivity index (χ4v) is 6.22. The highest BCUT2D eigenvalue weighted by Crippen LogP contribution is 2.43. The van der Waals surface area contributed by atoms with Crippen molar-refractivity contribution in [3.05, 3.63) is 125 Å². The summed E-state index contributed by atoms with van der Waals surface area (Å²) in [5.41, 5.74) is 5.00. The second-order valence-electron chi connectivity index (χ2n) is 10.9. The second kappa shape index (κ2) is 14.6. The van der Waals surface area contributed by atoms with Crippen LogP contribution in [0.2, 0.25) is 0 Å². The largest absolute Gasteiger partial charge is 0.508 e. The number of aliphatic hydroxyl groups is 1. The van der Waals surface area contributed by atoms with Crippen LogP contribution in [0, 0.1) is 5.92 Å². The molecule has 12 heteroatoms. The van der Waals surface area contributed by atoms with Gasteiger partial charge in [-0.2, -0.15) is 4.68 Å². The first-order valence-corrected chi connectivity index (χ1v) is 15.9. The van der Waals surface area contributed by atoms with Crippen LogP contribution in [0.1, 0.15) is 41.6 Å². The number of rotatable bonds is 10. The number of urea groups is 1. The molecular formula is C34H34N6O5S. The topological polar surface area (TPSA) is 144 Å². The molecule has 4 N–H and O–H groups in total. The number of aliphatic hydroxyl groups excluding tert-OH is 1. The third-order valence-corrected chi connectivity index (χ3v) is 8.78. The molecular weight excluding hydrogens is 604 g/mol. The Labute approximate surface area is 270 Å². The summed E-state index contributed by atoms with van der Waals surface area (Å²) in [7, 11) is 0. The Morgan fingerprint density at radius 1 is 0.891 bits per heavy atom. The van der Waals surface area contributed by atoms with E-state index < -0.39 is 6.29 Å². The monoisotopic (exact) mass is 638 g/mol. The van der Waals surface area contributed by atoms with Gasteiger partial charge < -0.3 is 30.3 Å². The van der Waals surface area contributed by atoms with Crippen molar-refractivity contribution in [1.29, 1.82) is 0 Å². The lowest BCUT2D eigenvalue weighted by molar-refractivity contribution is -0.268. The number of hydrogen-bond acceptors (Lipinski definition) is 9. The van der Waals surface area contributed by atoms with Gasteiger partial charge in [0.25, 0.3) is 0 Å². The number of thioether (sulfide) groups is 1. The molecule has 46 heavy (non-hydrogen) atoms. The Morgan fingerprint density at radius 2 is 1.61 bits per heavy atom. The quantitative estimate of drug-likeness (QED) is 0.140. The minimum atomic E-state index is -0.668. The molecule has 2 heterocycles. The Balaban J connectivity index is 1.17. The van der Waals surface area contributed by atoms with Crippen LogP contribution in [0.3, 0.4) is 0 Å². The van der Waals surface area contributed by atoms with Crippen LogP contribution < -0.4 is 10.6 Å². The van der Waals surface area contributed by atoms with Gasteiger partial charge >= 0.3 is 6.03 Å². The van der Waals surface area contributed by atoms with Gasteiger partial charge in [0, 0.05) is 29.5 Å². The number of nitrogens with one attached hydrogen (secondary N) is 2. The highest BCUT2D eigenvalue weighted by molar-refractivity contribution is 7.99. The van der Waals surface area contributed by atoms with E-state index in [4.69, 9.17) is 9.47 Å². The summed E-state index contributed by atoms with van der Waals surface area (Å²) in [6, 6.07) is 31.2. The number of ether oxygens (including phenoxy) is 2. The number of carbonyl (C=O) groups excluding carboxylic acids is 1. The van der Waals surface area contributed by atoms with Crippen LogP contribution in [0.15, 0.2) is 108 Å². The van der Waals surface area contributed by atoms with Gasteiger partial charge in [-0.05, 0) is 63.5 Å². The molecule has 5 aromatic rings. The Hall–Kier alpha value is -4.75. The molecule has 0 radical (unpaired) electrons. The normalized spacial score (nSPS) is 19.4. The van der Waals surface area contributed by atoms with Gasteiger partial charge in [-0.15, -0.1) is 5.10 Å². The van der Waals surface area contributed by atoms with E-state index in [1.807, 2.05) is 78.9 Å². The molecule has 1 saturated heterocycles. The van der Waals surface area contributed by atoms with Crippen molar-refractivity contribution in [1.82, 2.24) is 25.5 Å². The zero-order chi connectivity index (χ0) is 31.9. The molecule has 11 nitrogen and oxygen atoms in total. The smallest absolute Gasteiger partial charge is 0.319 e. The third-order valence-electron chi connectivity index (χ3n) is 7.77. The molecule has 1 aliphatic rings. The van der Waals surface area contributed by atoms with Gasteiger partial charge in [0.1, 0.15) is 5.75 Å². The van der Waals surface area contributed by atoms with Gasteiger partial charge in [-0.1, -0.05) is 85.4 Å². The molecule has 1 aliphatic heterocycles. The lowest BCUT2D eigenvalue weighted by Crippen LogP contribution is -2.38. The molecule has 6 rings (SSSR count). The zero-order valence-electron chi connectivity index (χ0n) is 25.1. The zero-order valence-corrected chi connectivity index (χ0v) is 25.9. The maximum absolute atomic E-state index is 12.5. The number of benzene rings is 4. The van der Waals surface area contributed by atoms with Crippen molar-refractivity contribution in [3.63, 3.8) is 0 Å². The van der Waals surface area contributed by atoms with E-state index in [0.717, 1.165) is 27.9 Å². The molecule has 0 spiro atoms. The highest BCUT2D eigenvalue weighted by atomic mass is 32.2. The van der Waals surface area contributed by atoms with Gasteiger partial charge in [0.05, 0.1) is 24.5 Å². The van der Waals surface area contributed by atoms with E-state index in [9.17, 15) is 15.0 Å². The summed E-state index contributed by atoms with van der Waals surface area (Å²) >= 11 is 1.47. The molecule has 4 atom stereocenters. The molecule has 4 aromatic carbocycles. The minimum absolute atomic E-state index is 0.0315. The lowest BCUT2D eigenvalue weighted by atomic mass is 9.91. The molecule has 0 bridgehead atoms. The fraction of sp³-hybridized carbons (Fsp3) is 0.235. The predicted octanol–water partition coefficient (Wildman–Crippen LogP) is 5.77. The number of aromatic nitrogens is 4. The maximum Gasteiger partial charge on any atom is 0.319 e. The van der Waals surface area contributed by atoms with Crippen LogP contribution in [0.5, 0.6) is 5.75 Å². The van der Waals surface area contributed by atoms with Gasteiger partial charge in [-0.25, -0.2) is 4.79 Å². The third kappa shape index (κ3) is 7.54. The van der Waals surface area contributed by atoms with Crippen molar-refractivity contribution in [2.45, 2.75) is 43.7 Å².